The maximum absolute atomic E-state index is 12.6. The molecule has 0 saturated carbocycles. The molecule has 1 amide bonds. The van der Waals surface area contributed by atoms with Gasteiger partial charge in [-0.15, -0.1) is 22.7 Å². The number of benzene rings is 1. The van der Waals surface area contributed by atoms with Gasteiger partial charge >= 0.3 is 5.76 Å². The monoisotopic (exact) mass is 496 g/mol. The second-order valence-electron chi connectivity index (χ2n) is 8.33. The summed E-state index contributed by atoms with van der Waals surface area (Å²) in [6.07, 6.45) is 1.83. The van der Waals surface area contributed by atoms with E-state index in [1.807, 2.05) is 18.2 Å². The van der Waals surface area contributed by atoms with Gasteiger partial charge < -0.3 is 19.8 Å². The van der Waals surface area contributed by atoms with Crippen molar-refractivity contribution in [2.24, 2.45) is 7.05 Å². The predicted octanol–water partition coefficient (Wildman–Crippen LogP) is 3.39. The van der Waals surface area contributed by atoms with Crippen LogP contribution >= 0.6 is 22.7 Å². The van der Waals surface area contributed by atoms with Gasteiger partial charge in [0.05, 0.1) is 11.6 Å². The molecule has 10 heteroatoms. The SMILES string of the molecule is Cn1c(=O)oc2ccc(-c3cc4sc(CC(C#N)NC(=O)C5CNCCCCO5)cc4s3)cc21. The standard InChI is InChI=1S/C24H24N4O4S2/c1-28-17-8-14(4-5-18(17)32-24(28)30)20-11-22-21(34-20)10-16(33-22)9-15(12-25)27-23(29)19-13-26-6-2-3-7-31-19/h4-5,8,10-11,15,19,26H,2-3,6-7,9,13H2,1H3,(H,27,29). The van der Waals surface area contributed by atoms with Gasteiger partial charge in [-0.05, 0) is 55.3 Å². The lowest BCUT2D eigenvalue weighted by molar-refractivity contribution is -0.133. The van der Waals surface area contributed by atoms with Crippen LogP contribution in [0.4, 0.5) is 0 Å². The largest absolute Gasteiger partial charge is 0.419 e. The van der Waals surface area contributed by atoms with Crippen LogP contribution in [0, 0.1) is 11.3 Å². The third-order valence-electron chi connectivity index (χ3n) is 5.90. The minimum atomic E-state index is -0.612. The topological polar surface area (TPSA) is 109 Å². The van der Waals surface area contributed by atoms with Crippen molar-refractivity contribution in [3.63, 3.8) is 0 Å². The molecule has 1 aromatic carbocycles. The second-order valence-corrected chi connectivity index (χ2v) is 10.6. The first-order valence-corrected chi connectivity index (χ1v) is 12.8. The number of amides is 1. The fourth-order valence-electron chi connectivity index (χ4n) is 4.04. The van der Waals surface area contributed by atoms with Gasteiger partial charge in [0, 0.05) is 45.8 Å². The van der Waals surface area contributed by atoms with E-state index in [1.54, 1.807) is 29.7 Å². The Hall–Kier alpha value is -2.97. The van der Waals surface area contributed by atoms with Crippen LogP contribution in [-0.2, 0) is 23.0 Å². The van der Waals surface area contributed by atoms with Crippen molar-refractivity contribution >= 4 is 49.1 Å². The second kappa shape index (κ2) is 9.72. The van der Waals surface area contributed by atoms with Crippen molar-refractivity contribution in [2.45, 2.75) is 31.4 Å². The molecule has 2 atom stereocenters. The maximum Gasteiger partial charge on any atom is 0.419 e. The van der Waals surface area contributed by atoms with Crippen molar-refractivity contribution in [1.82, 2.24) is 15.2 Å². The van der Waals surface area contributed by atoms with Gasteiger partial charge in [-0.1, -0.05) is 0 Å². The fraction of sp³-hybridized carbons (Fsp3) is 0.375. The number of hydrogen-bond acceptors (Lipinski definition) is 8. The first-order valence-electron chi connectivity index (χ1n) is 11.2. The zero-order chi connectivity index (χ0) is 23.7. The molecule has 176 valence electrons. The molecule has 1 fully saturated rings. The maximum atomic E-state index is 12.6. The van der Waals surface area contributed by atoms with Crippen LogP contribution < -0.4 is 16.4 Å². The normalized spacial score (nSPS) is 17.8. The molecule has 0 aliphatic carbocycles. The molecule has 8 nitrogen and oxygen atoms in total. The zero-order valence-electron chi connectivity index (χ0n) is 18.6. The third-order valence-corrected chi connectivity index (χ3v) is 8.27. The molecular weight excluding hydrogens is 472 g/mol. The molecule has 4 aromatic rings. The summed E-state index contributed by atoms with van der Waals surface area (Å²) in [7, 11) is 1.70. The molecular formula is C24H24N4O4S2. The van der Waals surface area contributed by atoms with E-state index in [9.17, 15) is 14.9 Å². The Morgan fingerprint density at radius 3 is 2.97 bits per heavy atom. The highest BCUT2D eigenvalue weighted by Crippen LogP contribution is 2.39. The lowest BCUT2D eigenvalue weighted by atomic mass is 10.1. The number of carbonyl (C=O) groups excluding carboxylic acids is 1. The van der Waals surface area contributed by atoms with Crippen LogP contribution in [0.3, 0.4) is 0 Å². The summed E-state index contributed by atoms with van der Waals surface area (Å²) in [6.45, 7) is 1.89. The van der Waals surface area contributed by atoms with Crippen LogP contribution in [0.5, 0.6) is 0 Å². The van der Waals surface area contributed by atoms with E-state index in [0.29, 0.717) is 25.2 Å². The van der Waals surface area contributed by atoms with E-state index >= 15 is 0 Å². The number of fused-ring (bicyclic) bond motifs is 2. The Bertz CT molecular complexity index is 1400. The minimum Gasteiger partial charge on any atom is -0.408 e. The predicted molar refractivity (Wildman–Crippen MR) is 133 cm³/mol. The number of aromatic nitrogens is 1. The molecule has 0 spiro atoms. The van der Waals surface area contributed by atoms with Gasteiger partial charge in [0.25, 0.3) is 5.91 Å². The first kappa shape index (κ1) is 22.8. The lowest BCUT2D eigenvalue weighted by Crippen LogP contribution is -2.47. The summed E-state index contributed by atoms with van der Waals surface area (Å²) < 4.78 is 14.6. The van der Waals surface area contributed by atoms with Gasteiger partial charge in [-0.25, -0.2) is 4.79 Å². The highest BCUT2D eigenvalue weighted by atomic mass is 32.1. The summed E-state index contributed by atoms with van der Waals surface area (Å²) in [4.78, 5) is 26.5. The van der Waals surface area contributed by atoms with E-state index in [4.69, 9.17) is 9.15 Å². The smallest absolute Gasteiger partial charge is 0.408 e. The molecule has 1 aliphatic rings. The van der Waals surface area contributed by atoms with Crippen molar-refractivity contribution in [3.8, 4) is 16.5 Å². The number of aryl methyl sites for hydroxylation is 1. The van der Waals surface area contributed by atoms with Gasteiger partial charge in [0.2, 0.25) is 0 Å². The third kappa shape index (κ3) is 4.65. The molecule has 1 saturated heterocycles. The molecule has 1 aliphatic heterocycles. The number of rotatable bonds is 5. The Kier molecular flexibility index (Phi) is 6.52. The Labute approximate surface area is 203 Å². The molecule has 4 heterocycles. The summed E-state index contributed by atoms with van der Waals surface area (Å²) in [6, 6.07) is 11.6. The van der Waals surface area contributed by atoms with Crippen LogP contribution in [0.15, 0.2) is 39.5 Å². The van der Waals surface area contributed by atoms with Crippen LogP contribution in [-0.4, -0.2) is 42.3 Å². The summed E-state index contributed by atoms with van der Waals surface area (Å²) in [5.41, 5.74) is 2.35. The first-order chi connectivity index (χ1) is 16.5. The van der Waals surface area contributed by atoms with Crippen molar-refractivity contribution < 1.29 is 13.9 Å². The molecule has 0 bridgehead atoms. The number of nitrogens with one attached hydrogen (secondary N) is 2. The van der Waals surface area contributed by atoms with Crippen LogP contribution in [0.1, 0.15) is 17.7 Å². The van der Waals surface area contributed by atoms with E-state index in [2.05, 4.69) is 28.8 Å². The quantitative estimate of drug-likeness (QED) is 0.438. The number of carbonyl (C=O) groups is 1. The van der Waals surface area contributed by atoms with Crippen molar-refractivity contribution in [2.75, 3.05) is 19.7 Å². The van der Waals surface area contributed by atoms with Gasteiger partial charge in [-0.3, -0.25) is 9.36 Å². The summed E-state index contributed by atoms with van der Waals surface area (Å²) in [5, 5.41) is 15.7. The van der Waals surface area contributed by atoms with Crippen molar-refractivity contribution in [3.05, 3.63) is 45.8 Å². The molecule has 0 radical (unpaired) electrons. The van der Waals surface area contributed by atoms with Gasteiger partial charge in [0.1, 0.15) is 12.1 Å². The number of thiophene rings is 2. The van der Waals surface area contributed by atoms with Crippen LogP contribution in [0.25, 0.3) is 30.9 Å². The summed E-state index contributed by atoms with van der Waals surface area (Å²) >= 11 is 3.29. The van der Waals surface area contributed by atoms with Crippen LogP contribution in [0.2, 0.25) is 0 Å². The van der Waals surface area contributed by atoms with E-state index < -0.39 is 12.1 Å². The molecule has 3 aromatic heterocycles. The summed E-state index contributed by atoms with van der Waals surface area (Å²) in [5.74, 6) is -0.619. The Morgan fingerprint density at radius 1 is 1.29 bits per heavy atom. The average molecular weight is 497 g/mol. The molecule has 34 heavy (non-hydrogen) atoms. The number of nitrogens with zero attached hydrogens (tertiary/aromatic N) is 2. The minimum absolute atomic E-state index is 0.245. The van der Waals surface area contributed by atoms with Gasteiger partial charge in [-0.2, -0.15) is 5.26 Å². The van der Waals surface area contributed by atoms with E-state index in [0.717, 1.165) is 49.6 Å². The fourth-order valence-corrected chi connectivity index (χ4v) is 6.51. The van der Waals surface area contributed by atoms with Gasteiger partial charge in [0.15, 0.2) is 5.58 Å². The number of oxazole rings is 1. The highest BCUT2D eigenvalue weighted by Gasteiger charge is 2.23. The Morgan fingerprint density at radius 2 is 2.15 bits per heavy atom. The number of ether oxygens (including phenoxy) is 1. The van der Waals surface area contributed by atoms with E-state index in [1.165, 1.54) is 4.57 Å². The molecule has 2 unspecified atom stereocenters. The zero-order valence-corrected chi connectivity index (χ0v) is 20.3. The number of hydrogen-bond donors (Lipinski definition) is 2. The molecule has 5 rings (SSSR count). The number of nitriles is 1. The van der Waals surface area contributed by atoms with E-state index in [-0.39, 0.29) is 11.7 Å². The molecule has 2 N–H and O–H groups in total. The van der Waals surface area contributed by atoms with Crippen molar-refractivity contribution in [1.29, 1.82) is 5.26 Å². The Balaban J connectivity index is 1.29. The highest BCUT2D eigenvalue weighted by molar-refractivity contribution is 7.29. The lowest BCUT2D eigenvalue weighted by Gasteiger charge is -2.22. The average Bonchev–Trinajstić information content (AvgIpc) is 3.44.